The number of nitro groups is 1. The molecule has 0 spiro atoms. The fourth-order valence-corrected chi connectivity index (χ4v) is 1.20. The van der Waals surface area contributed by atoms with E-state index in [0.29, 0.717) is 6.07 Å². The predicted molar refractivity (Wildman–Crippen MR) is 53.7 cm³/mol. The van der Waals surface area contributed by atoms with Crippen molar-refractivity contribution in [2.45, 2.75) is 6.18 Å². The molecule has 0 bridgehead atoms. The second-order valence-electron chi connectivity index (χ2n) is 3.14. The Morgan fingerprint density at radius 3 is 2.53 bits per heavy atom. The van der Waals surface area contributed by atoms with Crippen molar-refractivity contribution in [2.24, 2.45) is 0 Å². The number of aliphatic hydroxyl groups excluding tert-OH is 1. The first-order chi connectivity index (χ1) is 7.86. The topological polar surface area (TPSA) is 75.4 Å². The molecule has 0 atom stereocenters. The van der Waals surface area contributed by atoms with Gasteiger partial charge in [0.05, 0.1) is 17.1 Å². The average molecular weight is 250 g/mol. The number of aliphatic hydroxyl groups is 1. The third-order valence-electron chi connectivity index (χ3n) is 1.95. The van der Waals surface area contributed by atoms with Crippen molar-refractivity contribution < 1.29 is 23.2 Å². The molecular weight excluding hydrogens is 241 g/mol. The fourth-order valence-electron chi connectivity index (χ4n) is 1.20. The molecule has 8 heteroatoms. The van der Waals surface area contributed by atoms with E-state index >= 15 is 0 Å². The number of rotatable bonds is 4. The summed E-state index contributed by atoms with van der Waals surface area (Å²) in [6.07, 6.45) is -4.62. The first-order valence-corrected chi connectivity index (χ1v) is 4.56. The molecule has 0 aliphatic heterocycles. The van der Waals surface area contributed by atoms with E-state index in [9.17, 15) is 23.3 Å². The van der Waals surface area contributed by atoms with Crippen molar-refractivity contribution in [3.05, 3.63) is 33.9 Å². The number of halogens is 3. The van der Waals surface area contributed by atoms with Gasteiger partial charge in [0.1, 0.15) is 5.69 Å². The molecule has 0 heterocycles. The van der Waals surface area contributed by atoms with Gasteiger partial charge in [0, 0.05) is 12.6 Å². The number of nitro benzene ring substituents is 1. The normalized spacial score (nSPS) is 11.3. The van der Waals surface area contributed by atoms with Crippen LogP contribution < -0.4 is 5.32 Å². The molecule has 1 aromatic rings. The van der Waals surface area contributed by atoms with E-state index in [1.807, 2.05) is 0 Å². The van der Waals surface area contributed by atoms with Gasteiger partial charge in [-0.05, 0) is 12.1 Å². The third kappa shape index (κ3) is 3.31. The zero-order valence-electron chi connectivity index (χ0n) is 8.49. The summed E-state index contributed by atoms with van der Waals surface area (Å²) in [6, 6.07) is 2.17. The van der Waals surface area contributed by atoms with Crippen LogP contribution in [0.2, 0.25) is 0 Å². The summed E-state index contributed by atoms with van der Waals surface area (Å²) in [5.74, 6) is 0. The number of alkyl halides is 3. The monoisotopic (exact) mass is 250 g/mol. The molecule has 0 aromatic heterocycles. The van der Waals surface area contributed by atoms with Crippen LogP contribution in [0.3, 0.4) is 0 Å². The van der Waals surface area contributed by atoms with Crippen LogP contribution in [0, 0.1) is 10.1 Å². The van der Waals surface area contributed by atoms with E-state index in [4.69, 9.17) is 5.11 Å². The minimum atomic E-state index is -4.62. The van der Waals surface area contributed by atoms with Gasteiger partial charge in [0.15, 0.2) is 0 Å². The SMILES string of the molecule is O=[N+]([O-])c1cc(C(F)(F)F)ccc1NCCO. The van der Waals surface area contributed by atoms with Crippen LogP contribution in [0.15, 0.2) is 18.2 Å². The van der Waals surface area contributed by atoms with Gasteiger partial charge in [-0.1, -0.05) is 0 Å². The first-order valence-electron chi connectivity index (χ1n) is 4.56. The van der Waals surface area contributed by atoms with Crippen LogP contribution in [0.1, 0.15) is 5.56 Å². The molecule has 0 aliphatic carbocycles. The number of benzene rings is 1. The summed E-state index contributed by atoms with van der Waals surface area (Å²) in [6.45, 7) is -0.260. The predicted octanol–water partition coefficient (Wildman–Crippen LogP) is 2.02. The Bertz CT molecular complexity index is 420. The Morgan fingerprint density at radius 1 is 1.41 bits per heavy atom. The minimum Gasteiger partial charge on any atom is -0.395 e. The zero-order chi connectivity index (χ0) is 13.1. The first kappa shape index (κ1) is 13.2. The van der Waals surface area contributed by atoms with Gasteiger partial charge in [-0.15, -0.1) is 0 Å². The number of hydrogen-bond acceptors (Lipinski definition) is 4. The largest absolute Gasteiger partial charge is 0.416 e. The zero-order valence-corrected chi connectivity index (χ0v) is 8.49. The molecule has 94 valence electrons. The highest BCUT2D eigenvalue weighted by Crippen LogP contribution is 2.34. The molecule has 1 rings (SSSR count). The van der Waals surface area contributed by atoms with Gasteiger partial charge < -0.3 is 10.4 Å². The van der Waals surface area contributed by atoms with Gasteiger partial charge in [0.2, 0.25) is 0 Å². The van der Waals surface area contributed by atoms with Crippen LogP contribution in [-0.2, 0) is 6.18 Å². The van der Waals surface area contributed by atoms with E-state index < -0.39 is 22.4 Å². The van der Waals surface area contributed by atoms with Crippen LogP contribution in [-0.4, -0.2) is 23.2 Å². The summed E-state index contributed by atoms with van der Waals surface area (Å²) >= 11 is 0. The lowest BCUT2D eigenvalue weighted by Crippen LogP contribution is -2.10. The Balaban J connectivity index is 3.13. The van der Waals surface area contributed by atoms with Crippen molar-refractivity contribution in [1.29, 1.82) is 0 Å². The highest BCUT2D eigenvalue weighted by atomic mass is 19.4. The van der Waals surface area contributed by atoms with Gasteiger partial charge >= 0.3 is 6.18 Å². The van der Waals surface area contributed by atoms with Crippen molar-refractivity contribution in [3.8, 4) is 0 Å². The number of nitrogens with one attached hydrogen (secondary N) is 1. The summed E-state index contributed by atoms with van der Waals surface area (Å²) in [5, 5.41) is 21.6. The molecule has 0 amide bonds. The van der Waals surface area contributed by atoms with Crippen LogP contribution in [0.25, 0.3) is 0 Å². The van der Waals surface area contributed by atoms with Gasteiger partial charge in [0.25, 0.3) is 5.69 Å². The maximum Gasteiger partial charge on any atom is 0.416 e. The van der Waals surface area contributed by atoms with Crippen molar-refractivity contribution in [1.82, 2.24) is 0 Å². The van der Waals surface area contributed by atoms with Crippen molar-refractivity contribution in [3.63, 3.8) is 0 Å². The molecule has 0 radical (unpaired) electrons. The molecule has 5 nitrogen and oxygen atoms in total. The van der Waals surface area contributed by atoms with Gasteiger partial charge in [-0.2, -0.15) is 13.2 Å². The summed E-state index contributed by atoms with van der Waals surface area (Å²) in [4.78, 5) is 9.69. The molecular formula is C9H9F3N2O3. The molecule has 1 aromatic carbocycles. The Morgan fingerprint density at radius 2 is 2.06 bits per heavy atom. The third-order valence-corrected chi connectivity index (χ3v) is 1.95. The lowest BCUT2D eigenvalue weighted by atomic mass is 10.1. The standard InChI is InChI=1S/C9H9F3N2O3/c10-9(11,12)6-1-2-7(13-3-4-15)8(5-6)14(16)17/h1-2,5,13,15H,3-4H2. The maximum atomic E-state index is 12.3. The second-order valence-corrected chi connectivity index (χ2v) is 3.14. The minimum absolute atomic E-state index is 0.0200. The molecule has 0 saturated heterocycles. The van der Waals surface area contributed by atoms with Crippen LogP contribution in [0.4, 0.5) is 24.5 Å². The smallest absolute Gasteiger partial charge is 0.395 e. The number of nitrogens with zero attached hydrogens (tertiary/aromatic N) is 1. The molecule has 2 N–H and O–H groups in total. The number of hydrogen-bond donors (Lipinski definition) is 2. The van der Waals surface area contributed by atoms with E-state index in [1.165, 1.54) is 0 Å². The lowest BCUT2D eigenvalue weighted by Gasteiger charge is -2.09. The maximum absolute atomic E-state index is 12.3. The molecule has 0 aliphatic rings. The summed E-state index contributed by atoms with van der Waals surface area (Å²) in [7, 11) is 0. The van der Waals surface area contributed by atoms with Gasteiger partial charge in [-0.25, -0.2) is 0 Å². The molecule has 0 saturated carbocycles. The van der Waals surface area contributed by atoms with E-state index in [1.54, 1.807) is 0 Å². The summed E-state index contributed by atoms with van der Waals surface area (Å²) in [5.41, 5.74) is -1.82. The van der Waals surface area contributed by atoms with Crippen LogP contribution >= 0.6 is 0 Å². The van der Waals surface area contributed by atoms with E-state index in [0.717, 1.165) is 12.1 Å². The van der Waals surface area contributed by atoms with Crippen molar-refractivity contribution in [2.75, 3.05) is 18.5 Å². The lowest BCUT2D eigenvalue weighted by molar-refractivity contribution is -0.384. The highest BCUT2D eigenvalue weighted by Gasteiger charge is 2.32. The van der Waals surface area contributed by atoms with Crippen LogP contribution in [0.5, 0.6) is 0 Å². The molecule has 0 unspecified atom stereocenters. The van der Waals surface area contributed by atoms with Crippen molar-refractivity contribution >= 4 is 11.4 Å². The number of anilines is 1. The molecule has 0 fully saturated rings. The quantitative estimate of drug-likeness (QED) is 0.633. The van der Waals surface area contributed by atoms with E-state index in [2.05, 4.69) is 5.32 Å². The second kappa shape index (κ2) is 5.00. The Kier molecular flexibility index (Phi) is 3.89. The molecule has 17 heavy (non-hydrogen) atoms. The fraction of sp³-hybridized carbons (Fsp3) is 0.333. The summed E-state index contributed by atoms with van der Waals surface area (Å²) < 4.78 is 37.0. The Hall–Kier alpha value is -1.83. The highest BCUT2D eigenvalue weighted by molar-refractivity contribution is 5.62. The van der Waals surface area contributed by atoms with Gasteiger partial charge in [-0.3, -0.25) is 10.1 Å². The Labute approximate surface area is 94.0 Å². The van der Waals surface area contributed by atoms with E-state index in [-0.39, 0.29) is 18.8 Å². The average Bonchev–Trinajstić information content (AvgIpc) is 2.24.